The zero-order valence-electron chi connectivity index (χ0n) is 15.6. The summed E-state index contributed by atoms with van der Waals surface area (Å²) in [7, 11) is -3.93. The van der Waals surface area contributed by atoms with E-state index in [9.17, 15) is 18.0 Å². The molecule has 0 bridgehead atoms. The molecule has 0 atom stereocenters. The van der Waals surface area contributed by atoms with Crippen LogP contribution < -0.4 is 4.41 Å². The molecular formula is C20H22N2O5S. The van der Waals surface area contributed by atoms with Crippen molar-refractivity contribution >= 4 is 27.5 Å². The number of hydrogen-bond acceptors (Lipinski definition) is 6. The van der Waals surface area contributed by atoms with Gasteiger partial charge in [-0.2, -0.15) is 12.8 Å². The van der Waals surface area contributed by atoms with Crippen LogP contribution >= 0.6 is 0 Å². The predicted octanol–water partition coefficient (Wildman–Crippen LogP) is 2.64. The number of anilines is 1. The van der Waals surface area contributed by atoms with Gasteiger partial charge in [0.15, 0.2) is 0 Å². The van der Waals surface area contributed by atoms with Crippen LogP contribution in [0.3, 0.4) is 0 Å². The normalized spacial score (nSPS) is 15.2. The standard InChI is InChI=1S/C20H22N2O5S/c1-2-27-20(24)16-8-10-19(11-9-16)28(25,26)22(17-6-4-3-5-7-17)21-14-12-18(23)13-15-21/h3-11H,2,12-15H2,1H3. The molecule has 0 radical (unpaired) electrons. The van der Waals surface area contributed by atoms with Gasteiger partial charge in [-0.1, -0.05) is 18.2 Å². The number of esters is 1. The Balaban J connectivity index is 1.96. The Morgan fingerprint density at radius 1 is 1.04 bits per heavy atom. The number of nitrogens with zero attached hydrogens (tertiary/aromatic N) is 2. The molecule has 1 heterocycles. The second-order valence-corrected chi connectivity index (χ2v) is 8.09. The number of carbonyl (C=O) groups excluding carboxylic acids is 2. The van der Waals surface area contributed by atoms with Gasteiger partial charge in [-0.25, -0.2) is 9.80 Å². The molecule has 3 rings (SSSR count). The van der Waals surface area contributed by atoms with Crippen molar-refractivity contribution in [2.75, 3.05) is 24.1 Å². The summed E-state index contributed by atoms with van der Waals surface area (Å²) in [5.41, 5.74) is 0.780. The molecule has 148 valence electrons. The second kappa shape index (κ2) is 8.53. The minimum Gasteiger partial charge on any atom is -0.462 e. The number of ether oxygens (including phenoxy) is 1. The fraction of sp³-hybridized carbons (Fsp3) is 0.300. The number of hydrazine groups is 1. The topological polar surface area (TPSA) is 84.0 Å². The Labute approximate surface area is 164 Å². The largest absolute Gasteiger partial charge is 0.462 e. The molecule has 0 aromatic heterocycles. The third-order valence-corrected chi connectivity index (χ3v) is 6.19. The summed E-state index contributed by atoms with van der Waals surface area (Å²) in [4.78, 5) is 23.5. The van der Waals surface area contributed by atoms with Crippen LogP contribution in [-0.4, -0.2) is 44.9 Å². The maximum absolute atomic E-state index is 13.4. The van der Waals surface area contributed by atoms with E-state index >= 15 is 0 Å². The fourth-order valence-corrected chi connectivity index (χ4v) is 4.56. The van der Waals surface area contributed by atoms with Gasteiger partial charge in [0.25, 0.3) is 10.0 Å². The van der Waals surface area contributed by atoms with E-state index in [1.807, 2.05) is 6.07 Å². The Bertz CT molecular complexity index is 932. The van der Waals surface area contributed by atoms with Crippen molar-refractivity contribution < 1.29 is 22.7 Å². The van der Waals surface area contributed by atoms with Crippen LogP contribution in [0.15, 0.2) is 59.5 Å². The van der Waals surface area contributed by atoms with Gasteiger partial charge in [-0.15, -0.1) is 0 Å². The smallest absolute Gasteiger partial charge is 0.338 e. The second-order valence-electron chi connectivity index (χ2n) is 6.32. The monoisotopic (exact) mass is 402 g/mol. The summed E-state index contributed by atoms with van der Waals surface area (Å²) >= 11 is 0. The number of carbonyl (C=O) groups is 2. The first-order chi connectivity index (χ1) is 13.4. The lowest BCUT2D eigenvalue weighted by molar-refractivity contribution is -0.121. The molecule has 28 heavy (non-hydrogen) atoms. The Morgan fingerprint density at radius 3 is 2.21 bits per heavy atom. The lowest BCUT2D eigenvalue weighted by Crippen LogP contribution is -2.50. The number of ketones is 1. The van der Waals surface area contributed by atoms with Gasteiger partial charge in [-0.3, -0.25) is 4.79 Å². The van der Waals surface area contributed by atoms with Crippen LogP contribution in [-0.2, 0) is 19.6 Å². The third kappa shape index (κ3) is 4.23. The molecule has 1 fully saturated rings. The Hall–Kier alpha value is -2.71. The predicted molar refractivity (Wildman–Crippen MR) is 104 cm³/mol. The van der Waals surface area contributed by atoms with E-state index in [4.69, 9.17) is 4.74 Å². The first-order valence-corrected chi connectivity index (χ1v) is 10.5. The zero-order chi connectivity index (χ0) is 20.1. The zero-order valence-corrected chi connectivity index (χ0v) is 16.4. The molecule has 0 aliphatic carbocycles. The highest BCUT2D eigenvalue weighted by Gasteiger charge is 2.32. The van der Waals surface area contributed by atoms with Crippen LogP contribution in [0.4, 0.5) is 5.69 Å². The highest BCUT2D eigenvalue weighted by molar-refractivity contribution is 7.92. The summed E-state index contributed by atoms with van der Waals surface area (Å²) < 4.78 is 33.0. The lowest BCUT2D eigenvalue weighted by Gasteiger charge is -2.37. The first kappa shape index (κ1) is 20.0. The van der Waals surface area contributed by atoms with Crippen LogP contribution in [0.1, 0.15) is 30.1 Å². The van der Waals surface area contributed by atoms with Gasteiger partial charge in [0.1, 0.15) is 5.78 Å². The van der Waals surface area contributed by atoms with Crippen LogP contribution in [0.25, 0.3) is 0 Å². The van der Waals surface area contributed by atoms with Crippen molar-refractivity contribution in [3.8, 4) is 0 Å². The van der Waals surface area contributed by atoms with Crippen molar-refractivity contribution in [2.45, 2.75) is 24.7 Å². The molecule has 2 aromatic carbocycles. The highest BCUT2D eigenvalue weighted by Crippen LogP contribution is 2.27. The molecule has 7 nitrogen and oxygen atoms in total. The minimum absolute atomic E-state index is 0.0568. The minimum atomic E-state index is -3.93. The molecule has 0 amide bonds. The van der Waals surface area contributed by atoms with E-state index in [2.05, 4.69) is 0 Å². The molecule has 8 heteroatoms. The number of para-hydroxylation sites is 1. The van der Waals surface area contributed by atoms with Crippen molar-refractivity contribution in [3.05, 3.63) is 60.2 Å². The molecule has 1 aliphatic heterocycles. The maximum Gasteiger partial charge on any atom is 0.338 e. The first-order valence-electron chi connectivity index (χ1n) is 9.07. The summed E-state index contributed by atoms with van der Waals surface area (Å²) in [6.07, 6.45) is 0.612. The molecule has 0 saturated carbocycles. The van der Waals surface area contributed by atoms with Crippen molar-refractivity contribution in [1.29, 1.82) is 0 Å². The summed E-state index contributed by atoms with van der Waals surface area (Å²) in [6.45, 7) is 2.61. The molecule has 0 N–H and O–H groups in total. The maximum atomic E-state index is 13.4. The number of piperidine rings is 1. The average Bonchev–Trinajstić information content (AvgIpc) is 2.71. The van der Waals surface area contributed by atoms with Gasteiger partial charge in [0.05, 0.1) is 22.8 Å². The number of Topliss-reactive ketones (excluding diaryl/α,β-unsaturated/α-hetero) is 1. The van der Waals surface area contributed by atoms with E-state index in [0.717, 1.165) is 0 Å². The summed E-state index contributed by atoms with van der Waals surface area (Å²) in [6, 6.07) is 14.4. The van der Waals surface area contributed by atoms with E-state index in [1.165, 1.54) is 28.7 Å². The average molecular weight is 402 g/mol. The lowest BCUT2D eigenvalue weighted by atomic mass is 10.1. The molecular weight excluding hydrogens is 380 g/mol. The van der Waals surface area contributed by atoms with E-state index in [1.54, 1.807) is 36.2 Å². The number of benzene rings is 2. The Morgan fingerprint density at radius 2 is 1.64 bits per heavy atom. The SMILES string of the molecule is CCOC(=O)c1ccc(S(=O)(=O)N(c2ccccc2)N2CCC(=O)CC2)cc1. The van der Waals surface area contributed by atoms with Crippen LogP contribution in [0.2, 0.25) is 0 Å². The van der Waals surface area contributed by atoms with E-state index < -0.39 is 16.0 Å². The Kier molecular flexibility index (Phi) is 6.11. The van der Waals surface area contributed by atoms with Gasteiger partial charge in [0, 0.05) is 25.9 Å². The van der Waals surface area contributed by atoms with E-state index in [-0.39, 0.29) is 22.8 Å². The van der Waals surface area contributed by atoms with Crippen LogP contribution in [0.5, 0.6) is 0 Å². The molecule has 0 unspecified atom stereocenters. The molecule has 2 aromatic rings. The van der Waals surface area contributed by atoms with Gasteiger partial charge < -0.3 is 4.74 Å². The molecule has 1 saturated heterocycles. The van der Waals surface area contributed by atoms with Gasteiger partial charge in [0.2, 0.25) is 0 Å². The summed E-state index contributed by atoms with van der Waals surface area (Å²) in [5, 5.41) is 1.67. The quantitative estimate of drug-likeness (QED) is 0.691. The fourth-order valence-electron chi connectivity index (χ4n) is 3.01. The van der Waals surface area contributed by atoms with Crippen LogP contribution in [0, 0.1) is 0 Å². The van der Waals surface area contributed by atoms with Gasteiger partial charge >= 0.3 is 5.97 Å². The highest BCUT2D eigenvalue weighted by atomic mass is 32.2. The van der Waals surface area contributed by atoms with Gasteiger partial charge in [-0.05, 0) is 43.3 Å². The summed E-state index contributed by atoms with van der Waals surface area (Å²) in [5.74, 6) is -0.374. The molecule has 0 spiro atoms. The number of sulfonamides is 1. The number of hydrogen-bond donors (Lipinski definition) is 0. The van der Waals surface area contributed by atoms with E-state index in [0.29, 0.717) is 31.6 Å². The third-order valence-electron chi connectivity index (χ3n) is 4.42. The number of rotatable bonds is 6. The van der Waals surface area contributed by atoms with Crippen molar-refractivity contribution in [1.82, 2.24) is 5.01 Å². The molecule has 1 aliphatic rings. The van der Waals surface area contributed by atoms with Crippen molar-refractivity contribution in [3.63, 3.8) is 0 Å². The van der Waals surface area contributed by atoms with Crippen molar-refractivity contribution in [2.24, 2.45) is 0 Å².